The Bertz CT molecular complexity index is 300. The maximum absolute atomic E-state index is 5.45. The number of rotatable bonds is 4. The quantitative estimate of drug-likeness (QED) is 0.822. The second-order valence-corrected chi connectivity index (χ2v) is 4.89. The SMILES string of the molecule is CC(C)Cc1nc(CC2CCNC2)co1. The van der Waals surface area contributed by atoms with Gasteiger partial charge in [0.05, 0.1) is 5.69 Å². The van der Waals surface area contributed by atoms with Crippen molar-refractivity contribution in [3.8, 4) is 0 Å². The molecule has 1 aromatic heterocycles. The Kier molecular flexibility index (Phi) is 3.41. The number of aromatic nitrogens is 1. The van der Waals surface area contributed by atoms with Gasteiger partial charge in [-0.3, -0.25) is 0 Å². The van der Waals surface area contributed by atoms with E-state index in [1.807, 2.05) is 6.26 Å². The van der Waals surface area contributed by atoms with Crippen LogP contribution in [0.4, 0.5) is 0 Å². The predicted octanol–water partition coefficient (Wildman–Crippen LogP) is 2.03. The zero-order chi connectivity index (χ0) is 10.7. The van der Waals surface area contributed by atoms with Crippen molar-refractivity contribution in [2.75, 3.05) is 13.1 Å². The molecule has 1 atom stereocenters. The smallest absolute Gasteiger partial charge is 0.194 e. The van der Waals surface area contributed by atoms with Crippen molar-refractivity contribution in [2.24, 2.45) is 11.8 Å². The third-order valence-corrected chi connectivity index (χ3v) is 2.84. The van der Waals surface area contributed by atoms with Crippen LogP contribution in [-0.2, 0) is 12.8 Å². The summed E-state index contributed by atoms with van der Waals surface area (Å²) < 4.78 is 5.45. The van der Waals surface area contributed by atoms with Crippen molar-refractivity contribution in [3.05, 3.63) is 17.8 Å². The second kappa shape index (κ2) is 4.79. The Morgan fingerprint density at radius 2 is 2.47 bits per heavy atom. The minimum absolute atomic E-state index is 0.615. The van der Waals surface area contributed by atoms with Gasteiger partial charge in [0.15, 0.2) is 5.89 Å². The molecule has 0 amide bonds. The summed E-state index contributed by atoms with van der Waals surface area (Å²) in [6.45, 7) is 6.66. The normalized spacial score (nSPS) is 21.4. The molecule has 0 spiro atoms. The lowest BCUT2D eigenvalue weighted by Gasteiger charge is -2.03. The molecule has 0 aliphatic carbocycles. The van der Waals surface area contributed by atoms with Crippen molar-refractivity contribution in [1.29, 1.82) is 0 Å². The van der Waals surface area contributed by atoms with Crippen LogP contribution in [0.3, 0.4) is 0 Å². The maximum atomic E-state index is 5.45. The van der Waals surface area contributed by atoms with Crippen molar-refractivity contribution in [2.45, 2.75) is 33.1 Å². The van der Waals surface area contributed by atoms with Gasteiger partial charge in [-0.25, -0.2) is 4.98 Å². The average Bonchev–Trinajstić information content (AvgIpc) is 2.77. The summed E-state index contributed by atoms with van der Waals surface area (Å²) in [6.07, 6.45) is 5.11. The molecule has 3 nitrogen and oxygen atoms in total. The molecule has 1 saturated heterocycles. The van der Waals surface area contributed by atoms with Gasteiger partial charge in [0.25, 0.3) is 0 Å². The molecule has 0 aromatic carbocycles. The molecule has 0 bridgehead atoms. The lowest BCUT2D eigenvalue weighted by atomic mass is 10.0. The van der Waals surface area contributed by atoms with Crippen molar-refractivity contribution in [1.82, 2.24) is 10.3 Å². The Labute approximate surface area is 91.3 Å². The van der Waals surface area contributed by atoms with E-state index in [2.05, 4.69) is 24.1 Å². The predicted molar refractivity (Wildman–Crippen MR) is 59.7 cm³/mol. The van der Waals surface area contributed by atoms with Gasteiger partial charge in [-0.2, -0.15) is 0 Å². The number of hydrogen-bond acceptors (Lipinski definition) is 3. The molecule has 15 heavy (non-hydrogen) atoms. The highest BCUT2D eigenvalue weighted by molar-refractivity contribution is 4.99. The molecule has 84 valence electrons. The third-order valence-electron chi connectivity index (χ3n) is 2.84. The first-order valence-electron chi connectivity index (χ1n) is 5.88. The summed E-state index contributed by atoms with van der Waals surface area (Å²) in [6, 6.07) is 0. The largest absolute Gasteiger partial charge is 0.449 e. The van der Waals surface area contributed by atoms with Crippen molar-refractivity contribution < 1.29 is 4.42 Å². The highest BCUT2D eigenvalue weighted by Gasteiger charge is 2.16. The molecule has 1 fully saturated rings. The van der Waals surface area contributed by atoms with Crippen LogP contribution >= 0.6 is 0 Å². The molecular formula is C12H20N2O. The highest BCUT2D eigenvalue weighted by atomic mass is 16.3. The van der Waals surface area contributed by atoms with E-state index in [1.54, 1.807) is 0 Å². The van der Waals surface area contributed by atoms with Crippen LogP contribution in [0.25, 0.3) is 0 Å². The zero-order valence-electron chi connectivity index (χ0n) is 9.62. The molecular weight excluding hydrogens is 188 g/mol. The fourth-order valence-electron chi connectivity index (χ4n) is 2.07. The van der Waals surface area contributed by atoms with E-state index >= 15 is 0 Å². The second-order valence-electron chi connectivity index (χ2n) is 4.89. The van der Waals surface area contributed by atoms with Gasteiger partial charge in [-0.1, -0.05) is 13.8 Å². The first-order chi connectivity index (χ1) is 7.24. The van der Waals surface area contributed by atoms with E-state index < -0.39 is 0 Å². The van der Waals surface area contributed by atoms with E-state index in [0.29, 0.717) is 5.92 Å². The van der Waals surface area contributed by atoms with Crippen molar-refractivity contribution >= 4 is 0 Å². The average molecular weight is 208 g/mol. The van der Waals surface area contributed by atoms with E-state index in [1.165, 1.54) is 6.42 Å². The van der Waals surface area contributed by atoms with Gasteiger partial charge in [0, 0.05) is 6.42 Å². The molecule has 0 saturated carbocycles. The lowest BCUT2D eigenvalue weighted by molar-refractivity contribution is 0.457. The van der Waals surface area contributed by atoms with Crippen LogP contribution < -0.4 is 5.32 Å². The molecule has 1 aliphatic heterocycles. The molecule has 1 N–H and O–H groups in total. The summed E-state index contributed by atoms with van der Waals surface area (Å²) >= 11 is 0. The first kappa shape index (κ1) is 10.7. The standard InChI is InChI=1S/C12H20N2O/c1-9(2)5-12-14-11(8-15-12)6-10-3-4-13-7-10/h8-10,13H,3-7H2,1-2H3. The Hall–Kier alpha value is -0.830. The Morgan fingerprint density at radius 1 is 1.60 bits per heavy atom. The number of hydrogen-bond donors (Lipinski definition) is 1. The summed E-state index contributed by atoms with van der Waals surface area (Å²) in [7, 11) is 0. The van der Waals surface area contributed by atoms with E-state index in [0.717, 1.165) is 43.4 Å². The third kappa shape index (κ3) is 3.06. The van der Waals surface area contributed by atoms with Crippen LogP contribution in [0.15, 0.2) is 10.7 Å². The van der Waals surface area contributed by atoms with Crippen LogP contribution in [0.5, 0.6) is 0 Å². The summed E-state index contributed by atoms with van der Waals surface area (Å²) in [4.78, 5) is 4.52. The number of nitrogens with one attached hydrogen (secondary N) is 1. The molecule has 3 heteroatoms. The number of nitrogens with zero attached hydrogens (tertiary/aromatic N) is 1. The minimum atomic E-state index is 0.615. The Morgan fingerprint density at radius 3 is 3.13 bits per heavy atom. The van der Waals surface area contributed by atoms with E-state index in [9.17, 15) is 0 Å². The van der Waals surface area contributed by atoms with E-state index in [4.69, 9.17) is 4.42 Å². The Balaban J connectivity index is 1.88. The van der Waals surface area contributed by atoms with Crippen LogP contribution in [0.2, 0.25) is 0 Å². The molecule has 0 radical (unpaired) electrons. The molecule has 2 rings (SSSR count). The first-order valence-corrected chi connectivity index (χ1v) is 5.88. The maximum Gasteiger partial charge on any atom is 0.194 e. The molecule has 1 aliphatic rings. The summed E-state index contributed by atoms with van der Waals surface area (Å²) in [5.74, 6) is 2.26. The fourth-order valence-corrected chi connectivity index (χ4v) is 2.07. The van der Waals surface area contributed by atoms with Gasteiger partial charge in [-0.05, 0) is 37.8 Å². The number of oxazole rings is 1. The van der Waals surface area contributed by atoms with E-state index in [-0.39, 0.29) is 0 Å². The molecule has 1 aromatic rings. The van der Waals surface area contributed by atoms with Gasteiger partial charge >= 0.3 is 0 Å². The molecule has 1 unspecified atom stereocenters. The fraction of sp³-hybridized carbons (Fsp3) is 0.750. The van der Waals surface area contributed by atoms with Crippen LogP contribution in [0.1, 0.15) is 31.9 Å². The van der Waals surface area contributed by atoms with Crippen molar-refractivity contribution in [3.63, 3.8) is 0 Å². The van der Waals surface area contributed by atoms with Gasteiger partial charge in [0.2, 0.25) is 0 Å². The lowest BCUT2D eigenvalue weighted by Crippen LogP contribution is -2.10. The van der Waals surface area contributed by atoms with Crippen LogP contribution in [-0.4, -0.2) is 18.1 Å². The monoisotopic (exact) mass is 208 g/mol. The zero-order valence-corrected chi connectivity index (χ0v) is 9.62. The minimum Gasteiger partial charge on any atom is -0.449 e. The summed E-state index contributed by atoms with van der Waals surface area (Å²) in [5, 5.41) is 3.37. The molecule has 2 heterocycles. The topological polar surface area (TPSA) is 38.1 Å². The van der Waals surface area contributed by atoms with Gasteiger partial charge in [0.1, 0.15) is 6.26 Å². The highest BCUT2D eigenvalue weighted by Crippen LogP contribution is 2.16. The van der Waals surface area contributed by atoms with Crippen LogP contribution in [0, 0.1) is 11.8 Å². The summed E-state index contributed by atoms with van der Waals surface area (Å²) in [5.41, 5.74) is 1.12. The van der Waals surface area contributed by atoms with Gasteiger partial charge in [-0.15, -0.1) is 0 Å². The van der Waals surface area contributed by atoms with Gasteiger partial charge < -0.3 is 9.73 Å².